The Labute approximate surface area is 234 Å². The third-order valence-electron chi connectivity index (χ3n) is 7.09. The second kappa shape index (κ2) is 10.4. The normalized spacial score (nSPS) is 20.1. The predicted octanol–water partition coefficient (Wildman–Crippen LogP) is 7.20. The number of quaternary nitrogens is 1. The van der Waals surface area contributed by atoms with Crippen LogP contribution in [0.25, 0.3) is 11.1 Å². The van der Waals surface area contributed by atoms with Gasteiger partial charge in [0.25, 0.3) is 5.91 Å². The van der Waals surface area contributed by atoms with Crippen LogP contribution in [0.2, 0.25) is 5.02 Å². The summed E-state index contributed by atoms with van der Waals surface area (Å²) in [6.45, 7) is 0.655. The number of hydrogen-bond acceptors (Lipinski definition) is 5. The summed E-state index contributed by atoms with van der Waals surface area (Å²) in [5, 5.41) is 10.6. The first-order chi connectivity index (χ1) is 18.6. The molecule has 6 rings (SSSR count). The first-order valence-electron chi connectivity index (χ1n) is 12.3. The Hall–Kier alpha value is -3.36. The summed E-state index contributed by atoms with van der Waals surface area (Å²) in [7, 11) is 0. The van der Waals surface area contributed by atoms with Gasteiger partial charge in [-0.15, -0.1) is 11.8 Å². The van der Waals surface area contributed by atoms with Crippen molar-refractivity contribution in [3.8, 4) is 11.1 Å². The number of anilines is 1. The smallest absolute Gasteiger partial charge is 0.357 e. The minimum Gasteiger partial charge on any atom is -0.363 e. The molecule has 3 heterocycles. The molecular formula is C30H25ClN3O2S2+. The average Bonchev–Trinajstić information content (AvgIpc) is 3.42. The van der Waals surface area contributed by atoms with Crippen molar-refractivity contribution in [1.29, 1.82) is 0 Å². The van der Waals surface area contributed by atoms with Crippen LogP contribution < -0.4 is 10.6 Å². The van der Waals surface area contributed by atoms with E-state index in [1.54, 1.807) is 29.5 Å². The van der Waals surface area contributed by atoms with E-state index < -0.39 is 0 Å². The van der Waals surface area contributed by atoms with Crippen LogP contribution in [0, 0.1) is 0 Å². The highest BCUT2D eigenvalue weighted by atomic mass is 35.5. The zero-order valence-corrected chi connectivity index (χ0v) is 22.8. The summed E-state index contributed by atoms with van der Waals surface area (Å²) in [6.07, 6.45) is 10.9. The van der Waals surface area contributed by atoms with Crippen LogP contribution in [-0.2, 0) is 0 Å². The Balaban J connectivity index is 1.32. The van der Waals surface area contributed by atoms with Crippen molar-refractivity contribution in [1.82, 2.24) is 5.32 Å². The fourth-order valence-corrected chi connectivity index (χ4v) is 7.21. The Morgan fingerprint density at radius 1 is 1.05 bits per heavy atom. The third kappa shape index (κ3) is 4.35. The number of carbonyl (C=O) groups excluding carboxylic acids is 2. The minimum absolute atomic E-state index is 0.0571. The first-order valence-corrected chi connectivity index (χ1v) is 14.8. The highest BCUT2D eigenvalue weighted by Gasteiger charge is 2.50. The Kier molecular flexibility index (Phi) is 6.84. The average molecular weight is 559 g/mol. The van der Waals surface area contributed by atoms with Gasteiger partial charge in [-0.25, -0.2) is 4.79 Å². The summed E-state index contributed by atoms with van der Waals surface area (Å²) >= 11 is 10.2. The molecule has 0 saturated carbocycles. The molecule has 0 spiro atoms. The molecule has 1 aromatic heterocycles. The van der Waals surface area contributed by atoms with Gasteiger partial charge in [-0.05, 0) is 58.6 Å². The first kappa shape index (κ1) is 24.9. The maximum Gasteiger partial charge on any atom is 0.357 e. The van der Waals surface area contributed by atoms with Gasteiger partial charge in [0.1, 0.15) is 12.2 Å². The Morgan fingerprint density at radius 2 is 1.95 bits per heavy atom. The van der Waals surface area contributed by atoms with Crippen LogP contribution in [-0.4, -0.2) is 34.3 Å². The number of thioether (sulfide) groups is 1. The maximum absolute atomic E-state index is 14.3. The summed E-state index contributed by atoms with van der Waals surface area (Å²) in [4.78, 5) is 27.6. The van der Waals surface area contributed by atoms with Crippen LogP contribution in [0.15, 0.2) is 107 Å². The van der Waals surface area contributed by atoms with Gasteiger partial charge in [-0.3, -0.25) is 4.79 Å². The van der Waals surface area contributed by atoms with E-state index in [1.807, 2.05) is 71.3 Å². The van der Waals surface area contributed by atoms with Crippen LogP contribution in [0.5, 0.6) is 0 Å². The number of rotatable bonds is 4. The lowest BCUT2D eigenvalue weighted by atomic mass is 9.99. The number of benzene rings is 2. The van der Waals surface area contributed by atoms with Crippen molar-refractivity contribution < 1.29 is 14.1 Å². The standard InChI is InChI=1S/C30H24ClN3O2S2/c31-27-15-22(33-29(35)25-7-3-2-6-24(25)21-11-13-37-18-21)9-10-26(27)30(36)34-12-14-38-19-23(34)17-32-16-20-5-1-4-8-28(20)34/h1-4,6-11,13,15-18,32H,5,12,14,19H2/p+1. The van der Waals surface area contributed by atoms with E-state index in [1.165, 1.54) is 0 Å². The van der Waals surface area contributed by atoms with Crippen molar-refractivity contribution in [2.75, 3.05) is 23.4 Å². The summed E-state index contributed by atoms with van der Waals surface area (Å²) in [5.74, 6) is 1.34. The van der Waals surface area contributed by atoms with Gasteiger partial charge >= 0.3 is 5.91 Å². The number of amides is 2. The van der Waals surface area contributed by atoms with Crippen LogP contribution >= 0.6 is 34.7 Å². The van der Waals surface area contributed by atoms with Crippen molar-refractivity contribution in [3.63, 3.8) is 0 Å². The number of carbonyl (C=O) groups is 2. The fraction of sp³-hybridized carbons (Fsp3) is 0.133. The highest BCUT2D eigenvalue weighted by Crippen LogP contribution is 2.42. The molecule has 2 amide bonds. The molecule has 2 N–H and O–H groups in total. The second-order valence-corrected chi connectivity index (χ2v) is 11.5. The van der Waals surface area contributed by atoms with E-state index in [-0.39, 0.29) is 16.3 Å². The molecule has 3 aromatic rings. The largest absolute Gasteiger partial charge is 0.363 e. The molecule has 1 aliphatic carbocycles. The molecule has 3 aliphatic rings. The van der Waals surface area contributed by atoms with E-state index in [2.05, 4.69) is 22.8 Å². The lowest BCUT2D eigenvalue weighted by Crippen LogP contribution is -2.55. The number of fused-ring (bicyclic) bond motifs is 3. The number of nitrogens with one attached hydrogen (secondary N) is 2. The number of halogens is 1. The monoisotopic (exact) mass is 558 g/mol. The van der Waals surface area contributed by atoms with Gasteiger partial charge in [-0.2, -0.15) is 15.8 Å². The second-order valence-electron chi connectivity index (χ2n) is 9.25. The van der Waals surface area contributed by atoms with Gasteiger partial charge in [0, 0.05) is 34.9 Å². The number of allylic oxidation sites excluding steroid dienone is 4. The molecule has 1 fully saturated rings. The molecule has 0 bridgehead atoms. The highest BCUT2D eigenvalue weighted by molar-refractivity contribution is 7.99. The molecule has 8 heteroatoms. The molecule has 38 heavy (non-hydrogen) atoms. The van der Waals surface area contributed by atoms with E-state index in [4.69, 9.17) is 11.6 Å². The molecular weight excluding hydrogens is 534 g/mol. The van der Waals surface area contributed by atoms with Gasteiger partial charge in [0.2, 0.25) is 0 Å². The zero-order valence-electron chi connectivity index (χ0n) is 20.4. The van der Waals surface area contributed by atoms with Gasteiger partial charge < -0.3 is 10.6 Å². The van der Waals surface area contributed by atoms with Crippen molar-refractivity contribution in [2.45, 2.75) is 6.42 Å². The van der Waals surface area contributed by atoms with Crippen molar-refractivity contribution in [2.24, 2.45) is 0 Å². The quantitative estimate of drug-likeness (QED) is 0.333. The van der Waals surface area contributed by atoms with Crippen molar-refractivity contribution >= 4 is 52.2 Å². The van der Waals surface area contributed by atoms with E-state index >= 15 is 0 Å². The Morgan fingerprint density at radius 3 is 2.79 bits per heavy atom. The molecule has 5 nitrogen and oxygen atoms in total. The van der Waals surface area contributed by atoms with E-state index in [0.717, 1.165) is 46.0 Å². The SMILES string of the molecule is O=C(Nc1ccc(C(=O)[N+]23CCSCC2=CNC=C2CC=CC=C23)c(Cl)c1)c1ccccc1-c1ccsc1. The third-order valence-corrected chi connectivity index (χ3v) is 9.06. The van der Waals surface area contributed by atoms with E-state index in [9.17, 15) is 9.59 Å². The number of nitrogens with zero attached hydrogens (tertiary/aromatic N) is 1. The number of thiophene rings is 1. The lowest BCUT2D eigenvalue weighted by molar-refractivity contribution is -0.766. The topological polar surface area (TPSA) is 58.2 Å². The van der Waals surface area contributed by atoms with Crippen LogP contribution in [0.1, 0.15) is 27.1 Å². The Bertz CT molecular complexity index is 1560. The van der Waals surface area contributed by atoms with Gasteiger partial charge in [0.15, 0.2) is 5.70 Å². The van der Waals surface area contributed by atoms with Crippen LogP contribution in [0.4, 0.5) is 5.69 Å². The molecule has 1 saturated heterocycles. The van der Waals surface area contributed by atoms with Crippen LogP contribution in [0.3, 0.4) is 0 Å². The lowest BCUT2D eigenvalue weighted by Gasteiger charge is -2.41. The maximum atomic E-state index is 14.3. The number of hydrogen-bond donors (Lipinski definition) is 2. The molecule has 1 unspecified atom stereocenters. The van der Waals surface area contributed by atoms with Gasteiger partial charge in [0.05, 0.1) is 22.5 Å². The molecule has 190 valence electrons. The van der Waals surface area contributed by atoms with Gasteiger partial charge in [-0.1, -0.05) is 42.0 Å². The van der Waals surface area contributed by atoms with E-state index in [0.29, 0.717) is 28.4 Å². The molecule has 1 atom stereocenters. The fourth-order valence-electron chi connectivity index (χ4n) is 5.23. The molecule has 2 aliphatic heterocycles. The molecule has 0 radical (unpaired) electrons. The summed E-state index contributed by atoms with van der Waals surface area (Å²) < 4.78 is 0.135. The summed E-state index contributed by atoms with van der Waals surface area (Å²) in [6, 6.07) is 14.7. The minimum atomic E-state index is -0.227. The predicted molar refractivity (Wildman–Crippen MR) is 157 cm³/mol. The van der Waals surface area contributed by atoms with Crippen molar-refractivity contribution in [3.05, 3.63) is 123 Å². The summed E-state index contributed by atoms with van der Waals surface area (Å²) in [5.41, 5.74) is 6.54. The molecule has 2 aromatic carbocycles. The zero-order chi connectivity index (χ0) is 26.1.